The summed E-state index contributed by atoms with van der Waals surface area (Å²) < 4.78 is 53.9. The fraction of sp³-hybridized carbons (Fsp3) is 0.652. The summed E-state index contributed by atoms with van der Waals surface area (Å²) in [5.41, 5.74) is -0.429. The third-order valence-corrected chi connectivity index (χ3v) is 13.7. The van der Waals surface area contributed by atoms with Crippen molar-refractivity contribution in [2.45, 2.75) is 148 Å². The minimum absolute atomic E-state index is 0.0250. The van der Waals surface area contributed by atoms with Crippen molar-refractivity contribution >= 4 is 11.9 Å². The fourth-order valence-electron chi connectivity index (χ4n) is 10.2. The molecule has 10 heteroatoms. The molecule has 308 valence electrons. The lowest BCUT2D eigenvalue weighted by Gasteiger charge is -2.46. The van der Waals surface area contributed by atoms with Crippen LogP contribution in [0.2, 0.25) is 0 Å². The molecule has 5 aliphatic rings. The van der Waals surface area contributed by atoms with E-state index in [0.717, 1.165) is 49.8 Å². The third kappa shape index (κ3) is 9.39. The maximum absolute atomic E-state index is 14.4. The van der Waals surface area contributed by atoms with Crippen LogP contribution in [0.4, 0.5) is 18.0 Å². The molecule has 1 saturated heterocycles. The maximum Gasteiger partial charge on any atom is 0.416 e. The molecule has 0 radical (unpaired) electrons. The Hall–Kier alpha value is -3.21. The number of halogens is 3. The molecule has 2 N–H and O–H groups in total. The summed E-state index contributed by atoms with van der Waals surface area (Å²) in [6.45, 7) is 11.6. The van der Waals surface area contributed by atoms with Crippen LogP contribution in [0.3, 0.4) is 0 Å². The number of carbonyl (C=O) groups excluding carboxylic acids is 2. The standard InChI is InChI=1S/C46H62F3NO6/c1-29(2)37-17-14-31(4)23-41(37)56-43(53)50(27-36-12-8-22-55-36)28-45(54)21-19-40-38-18-15-32(24-35(51)16-13-30(3)9-7-20-44(40,45)5)25-39(38)42(52)33-10-6-11-34(26-33)46(47,48)49/h6,9-11,15,18,25-26,29,31,35-37,40-41,51,54H,7-8,12-14,16-17,19-24,27-28H2,1-5H3/t31-,35-,36+,37+,40-,41-,44-,45+/m0/s1. The predicted octanol–water partition coefficient (Wildman–Crippen LogP) is 10.1. The van der Waals surface area contributed by atoms with Crippen LogP contribution < -0.4 is 0 Å². The Kier molecular flexibility index (Phi) is 13.1. The van der Waals surface area contributed by atoms with Crippen molar-refractivity contribution in [3.63, 3.8) is 0 Å². The zero-order valence-electron chi connectivity index (χ0n) is 33.9. The molecule has 0 aromatic heterocycles. The average Bonchev–Trinajstić information content (AvgIpc) is 3.75. The number of aliphatic hydroxyl groups is 2. The molecule has 7 nitrogen and oxygen atoms in total. The highest BCUT2D eigenvalue weighted by Gasteiger charge is 2.58. The Balaban J connectivity index is 1.39. The minimum atomic E-state index is -4.62. The number of nitrogens with zero attached hydrogens (tertiary/aromatic N) is 1. The summed E-state index contributed by atoms with van der Waals surface area (Å²) in [4.78, 5) is 30.5. The van der Waals surface area contributed by atoms with E-state index in [1.54, 1.807) is 11.0 Å². The first-order valence-corrected chi connectivity index (χ1v) is 21.0. The molecule has 56 heavy (non-hydrogen) atoms. The lowest BCUT2D eigenvalue weighted by molar-refractivity contribution is -0.137. The van der Waals surface area contributed by atoms with Gasteiger partial charge in [-0.15, -0.1) is 0 Å². The van der Waals surface area contributed by atoms with Crippen molar-refractivity contribution in [1.82, 2.24) is 4.90 Å². The number of hydrogen-bond donors (Lipinski definition) is 2. The number of fused-ring (bicyclic) bond motifs is 8. The van der Waals surface area contributed by atoms with Gasteiger partial charge in [0.25, 0.3) is 0 Å². The van der Waals surface area contributed by atoms with Crippen LogP contribution in [0.25, 0.3) is 0 Å². The van der Waals surface area contributed by atoms with Crippen LogP contribution in [-0.4, -0.2) is 70.6 Å². The Morgan fingerprint density at radius 1 is 1.05 bits per heavy atom. The molecule has 4 aliphatic carbocycles. The van der Waals surface area contributed by atoms with Crippen molar-refractivity contribution in [2.75, 3.05) is 19.7 Å². The minimum Gasteiger partial charge on any atom is -0.446 e. The maximum atomic E-state index is 14.4. The molecule has 2 bridgehead atoms. The Morgan fingerprint density at radius 2 is 1.84 bits per heavy atom. The van der Waals surface area contributed by atoms with E-state index in [9.17, 15) is 33.0 Å². The van der Waals surface area contributed by atoms with Crippen LogP contribution in [0.15, 0.2) is 54.1 Å². The van der Waals surface area contributed by atoms with Gasteiger partial charge in [-0.05, 0) is 131 Å². The molecule has 2 saturated carbocycles. The first kappa shape index (κ1) is 42.4. The van der Waals surface area contributed by atoms with E-state index >= 15 is 0 Å². The highest BCUT2D eigenvalue weighted by molar-refractivity contribution is 6.10. The molecule has 3 fully saturated rings. The van der Waals surface area contributed by atoms with Gasteiger partial charge in [0, 0.05) is 23.1 Å². The number of rotatable bonds is 8. The number of allylic oxidation sites excluding steroid dienone is 2. The van der Waals surface area contributed by atoms with Gasteiger partial charge in [0.05, 0.1) is 36.5 Å². The monoisotopic (exact) mass is 781 g/mol. The summed E-state index contributed by atoms with van der Waals surface area (Å²) in [6.07, 6.45) is 4.14. The van der Waals surface area contributed by atoms with Crippen LogP contribution in [0.5, 0.6) is 0 Å². The largest absolute Gasteiger partial charge is 0.446 e. The first-order valence-electron chi connectivity index (χ1n) is 21.0. The van der Waals surface area contributed by atoms with E-state index < -0.39 is 40.7 Å². The van der Waals surface area contributed by atoms with Gasteiger partial charge in [-0.1, -0.05) is 70.0 Å². The van der Waals surface area contributed by atoms with E-state index in [-0.39, 0.29) is 41.7 Å². The van der Waals surface area contributed by atoms with Crippen LogP contribution in [-0.2, 0) is 22.1 Å². The van der Waals surface area contributed by atoms with Crippen molar-refractivity contribution in [2.24, 2.45) is 23.2 Å². The van der Waals surface area contributed by atoms with Gasteiger partial charge in [0.1, 0.15) is 6.10 Å². The second kappa shape index (κ2) is 17.3. The van der Waals surface area contributed by atoms with E-state index in [2.05, 4.69) is 33.8 Å². The summed E-state index contributed by atoms with van der Waals surface area (Å²) in [5.74, 6) is 0.153. The Labute approximate surface area is 331 Å². The molecule has 1 heterocycles. The zero-order chi connectivity index (χ0) is 40.4. The smallest absolute Gasteiger partial charge is 0.416 e. The summed E-state index contributed by atoms with van der Waals surface area (Å²) in [6, 6.07) is 10.0. The quantitative estimate of drug-likeness (QED) is 0.205. The summed E-state index contributed by atoms with van der Waals surface area (Å²) in [7, 11) is 0. The van der Waals surface area contributed by atoms with Crippen LogP contribution >= 0.6 is 0 Å². The number of carbonyl (C=O) groups is 2. The molecule has 0 unspecified atom stereocenters. The Bertz CT molecular complexity index is 1740. The van der Waals surface area contributed by atoms with Gasteiger partial charge in [-0.25, -0.2) is 4.79 Å². The van der Waals surface area contributed by atoms with E-state index in [0.29, 0.717) is 81.1 Å². The van der Waals surface area contributed by atoms with Gasteiger partial charge >= 0.3 is 12.3 Å². The third-order valence-electron chi connectivity index (χ3n) is 13.7. The molecular formula is C46H62F3NO6. The topological polar surface area (TPSA) is 96.3 Å². The summed E-state index contributed by atoms with van der Waals surface area (Å²) >= 11 is 0. The highest BCUT2D eigenvalue weighted by Crippen LogP contribution is 2.59. The van der Waals surface area contributed by atoms with Crippen molar-refractivity contribution in [1.29, 1.82) is 0 Å². The van der Waals surface area contributed by atoms with E-state index in [1.807, 2.05) is 19.1 Å². The predicted molar refractivity (Wildman–Crippen MR) is 210 cm³/mol. The number of hydrogen-bond acceptors (Lipinski definition) is 6. The van der Waals surface area contributed by atoms with E-state index in [1.165, 1.54) is 12.1 Å². The van der Waals surface area contributed by atoms with Crippen LogP contribution in [0, 0.1) is 23.2 Å². The fourth-order valence-corrected chi connectivity index (χ4v) is 10.2. The SMILES string of the molecule is CC1=CCC[C@@]2(C)[C@@H](CC[C@@]2(O)CN(C[C@H]2CCCO2)C(=O)O[C@H]2C[C@@H](C)CC[C@@H]2C(C)C)c2ccc(cc2C(=O)c2cccc(C(F)(F)F)c2)C[C@@H](O)CC1. The molecule has 8 atom stereocenters. The van der Waals surface area contributed by atoms with E-state index in [4.69, 9.17) is 9.47 Å². The molecule has 7 rings (SSSR count). The molecule has 1 amide bonds. The number of amides is 1. The number of benzene rings is 2. The zero-order valence-corrected chi connectivity index (χ0v) is 33.9. The molecule has 2 aromatic rings. The van der Waals surface area contributed by atoms with Crippen LogP contribution in [0.1, 0.15) is 144 Å². The lowest BCUT2D eigenvalue weighted by Crippen LogP contribution is -2.55. The number of ether oxygens (including phenoxy) is 2. The van der Waals surface area contributed by atoms with Gasteiger partial charge < -0.3 is 24.6 Å². The number of ketones is 1. The van der Waals surface area contributed by atoms with Crippen molar-refractivity contribution in [3.8, 4) is 0 Å². The average molecular weight is 782 g/mol. The van der Waals surface area contributed by atoms with Gasteiger partial charge in [0.15, 0.2) is 5.78 Å². The van der Waals surface area contributed by atoms with Gasteiger partial charge in [-0.2, -0.15) is 13.2 Å². The number of alkyl halides is 3. The molecule has 0 spiro atoms. The highest BCUT2D eigenvalue weighted by atomic mass is 19.4. The number of aliphatic hydroxyl groups excluding tert-OH is 1. The molecule has 2 aromatic carbocycles. The van der Waals surface area contributed by atoms with Crippen molar-refractivity contribution < 1.29 is 42.4 Å². The second-order valence-electron chi connectivity index (χ2n) is 18.1. The second-order valence-corrected chi connectivity index (χ2v) is 18.1. The van der Waals surface area contributed by atoms with Gasteiger partial charge in [-0.3, -0.25) is 4.79 Å². The normalized spacial score (nSPS) is 31.4. The van der Waals surface area contributed by atoms with Crippen molar-refractivity contribution in [3.05, 3.63) is 81.9 Å². The molecule has 1 aliphatic heterocycles. The van der Waals surface area contributed by atoms with Gasteiger partial charge in [0.2, 0.25) is 0 Å². The summed E-state index contributed by atoms with van der Waals surface area (Å²) in [5, 5.41) is 24.1. The Morgan fingerprint density at radius 3 is 2.55 bits per heavy atom. The first-order chi connectivity index (χ1) is 26.5. The lowest BCUT2D eigenvalue weighted by atomic mass is 9.64. The molecular weight excluding hydrogens is 720 g/mol.